The number of hydrogen-bond acceptors (Lipinski definition) is 1. The zero-order chi connectivity index (χ0) is 10.1. The Labute approximate surface area is 104 Å². The van der Waals surface area contributed by atoms with E-state index in [1.165, 1.54) is 3.57 Å². The third-order valence-corrected chi connectivity index (χ3v) is 3.22. The smallest absolute Gasteiger partial charge is 0.138 e. The summed E-state index contributed by atoms with van der Waals surface area (Å²) >= 11 is 5.81. The number of benzene rings is 1. The first-order valence-electron chi connectivity index (χ1n) is 4.14. The summed E-state index contributed by atoms with van der Waals surface area (Å²) < 4.78 is 2.28. The summed E-state index contributed by atoms with van der Waals surface area (Å²) in [6, 6.07) is 6.20. The highest BCUT2D eigenvalue weighted by Crippen LogP contribution is 2.27. The van der Waals surface area contributed by atoms with Crippen LogP contribution in [0.25, 0.3) is 11.4 Å². The predicted molar refractivity (Wildman–Crippen MR) is 69.2 cm³/mol. The summed E-state index contributed by atoms with van der Waals surface area (Å²) in [5.41, 5.74) is 2.17. The molecule has 0 aliphatic heterocycles. The van der Waals surface area contributed by atoms with Crippen molar-refractivity contribution in [1.29, 1.82) is 0 Å². The van der Waals surface area contributed by atoms with Gasteiger partial charge in [-0.3, -0.25) is 0 Å². The number of aryl methyl sites for hydroxylation is 1. The molecule has 0 aliphatic carbocycles. The van der Waals surface area contributed by atoms with E-state index in [2.05, 4.69) is 66.7 Å². The lowest BCUT2D eigenvalue weighted by molar-refractivity contribution is 1.25. The minimum atomic E-state index is 0.908. The number of nitrogens with one attached hydrogen (secondary N) is 1. The van der Waals surface area contributed by atoms with Crippen molar-refractivity contribution in [1.82, 2.24) is 9.97 Å². The minimum Gasteiger partial charge on any atom is -0.342 e. The molecule has 1 aromatic carbocycles. The van der Waals surface area contributed by atoms with Gasteiger partial charge in [-0.2, -0.15) is 0 Å². The molecule has 0 atom stereocenters. The molecule has 0 amide bonds. The Morgan fingerprint density at radius 2 is 2.21 bits per heavy atom. The van der Waals surface area contributed by atoms with Gasteiger partial charge in [0.1, 0.15) is 5.82 Å². The van der Waals surface area contributed by atoms with E-state index in [4.69, 9.17) is 0 Å². The van der Waals surface area contributed by atoms with Crippen LogP contribution in [0, 0.1) is 10.5 Å². The van der Waals surface area contributed by atoms with Crippen LogP contribution in [0.5, 0.6) is 0 Å². The first kappa shape index (κ1) is 10.2. The van der Waals surface area contributed by atoms with Crippen LogP contribution >= 0.6 is 38.5 Å². The van der Waals surface area contributed by atoms with Crippen molar-refractivity contribution in [3.63, 3.8) is 0 Å². The molecule has 0 fully saturated rings. The fraction of sp³-hybridized carbons (Fsp3) is 0.100. The monoisotopic (exact) mass is 362 g/mol. The number of imidazole rings is 1. The number of halogens is 2. The molecule has 14 heavy (non-hydrogen) atoms. The van der Waals surface area contributed by atoms with Gasteiger partial charge in [-0.15, -0.1) is 0 Å². The van der Waals surface area contributed by atoms with Crippen molar-refractivity contribution in [2.75, 3.05) is 0 Å². The molecule has 2 rings (SSSR count). The van der Waals surface area contributed by atoms with Crippen molar-refractivity contribution >= 4 is 38.5 Å². The van der Waals surface area contributed by atoms with Crippen molar-refractivity contribution in [2.45, 2.75) is 6.92 Å². The number of H-pyrrole nitrogens is 1. The van der Waals surface area contributed by atoms with E-state index in [-0.39, 0.29) is 0 Å². The largest absolute Gasteiger partial charge is 0.342 e. The predicted octanol–water partition coefficient (Wildman–Crippen LogP) is 3.75. The lowest BCUT2D eigenvalue weighted by Gasteiger charge is -2.01. The zero-order valence-corrected chi connectivity index (χ0v) is 11.3. The molecule has 0 saturated heterocycles. The molecule has 0 bridgehead atoms. The molecule has 4 heteroatoms. The van der Waals surface area contributed by atoms with E-state index in [9.17, 15) is 0 Å². The van der Waals surface area contributed by atoms with Gasteiger partial charge in [-0.1, -0.05) is 15.9 Å². The van der Waals surface area contributed by atoms with E-state index < -0.39 is 0 Å². The van der Waals surface area contributed by atoms with Crippen molar-refractivity contribution in [3.05, 3.63) is 38.1 Å². The molecule has 1 N–H and O–H groups in total. The Morgan fingerprint density at radius 3 is 2.79 bits per heavy atom. The highest BCUT2D eigenvalue weighted by molar-refractivity contribution is 14.1. The van der Waals surface area contributed by atoms with Crippen LogP contribution in [0.15, 0.2) is 28.9 Å². The zero-order valence-electron chi connectivity index (χ0n) is 7.51. The maximum atomic E-state index is 4.29. The molecule has 0 aliphatic rings. The van der Waals surface area contributed by atoms with Gasteiger partial charge in [0.05, 0.1) is 0 Å². The molecule has 72 valence electrons. The van der Waals surface area contributed by atoms with Gasteiger partial charge in [-0.05, 0) is 47.7 Å². The van der Waals surface area contributed by atoms with Gasteiger partial charge in [0.2, 0.25) is 0 Å². The lowest BCUT2D eigenvalue weighted by atomic mass is 10.2. The molecule has 2 nitrogen and oxygen atoms in total. The third-order valence-electron chi connectivity index (χ3n) is 1.89. The second-order valence-electron chi connectivity index (χ2n) is 3.04. The number of aromatic nitrogens is 2. The number of hydrogen-bond donors (Lipinski definition) is 1. The molecule has 0 spiro atoms. The normalized spacial score (nSPS) is 10.5. The highest BCUT2D eigenvalue weighted by Gasteiger charge is 2.05. The molecular weight excluding hydrogens is 355 g/mol. The summed E-state index contributed by atoms with van der Waals surface area (Å²) in [5.74, 6) is 0.908. The van der Waals surface area contributed by atoms with E-state index in [0.29, 0.717) is 0 Å². The van der Waals surface area contributed by atoms with E-state index in [1.807, 2.05) is 13.1 Å². The van der Waals surface area contributed by atoms with Crippen molar-refractivity contribution in [2.24, 2.45) is 0 Å². The van der Waals surface area contributed by atoms with Crippen LogP contribution in [-0.4, -0.2) is 9.97 Å². The van der Waals surface area contributed by atoms with Crippen molar-refractivity contribution in [3.8, 4) is 11.4 Å². The molecule has 0 saturated carbocycles. The van der Waals surface area contributed by atoms with Gasteiger partial charge in [0, 0.05) is 25.5 Å². The highest BCUT2D eigenvalue weighted by atomic mass is 127. The van der Waals surface area contributed by atoms with E-state index in [1.54, 1.807) is 0 Å². The van der Waals surface area contributed by atoms with Crippen LogP contribution in [-0.2, 0) is 0 Å². The molecule has 0 unspecified atom stereocenters. The maximum Gasteiger partial charge on any atom is 0.138 e. The van der Waals surface area contributed by atoms with Gasteiger partial charge in [0.25, 0.3) is 0 Å². The Kier molecular flexibility index (Phi) is 2.92. The van der Waals surface area contributed by atoms with Crippen LogP contribution in [0.3, 0.4) is 0 Å². The number of rotatable bonds is 1. The first-order valence-corrected chi connectivity index (χ1v) is 6.01. The van der Waals surface area contributed by atoms with Crippen molar-refractivity contribution < 1.29 is 0 Å². The Balaban J connectivity index is 2.52. The standard InChI is InChI=1S/C10H8BrIN2/c1-6-5-13-10(14-6)8-3-2-7(12)4-9(8)11/h2-5H,1H3,(H,13,14). The van der Waals surface area contributed by atoms with Crippen LogP contribution < -0.4 is 0 Å². The summed E-state index contributed by atoms with van der Waals surface area (Å²) in [7, 11) is 0. The topological polar surface area (TPSA) is 28.7 Å². The average Bonchev–Trinajstić information content (AvgIpc) is 2.51. The number of nitrogens with zero attached hydrogens (tertiary/aromatic N) is 1. The Hall–Kier alpha value is -0.360. The van der Waals surface area contributed by atoms with Gasteiger partial charge in [-0.25, -0.2) is 4.98 Å². The Morgan fingerprint density at radius 1 is 1.43 bits per heavy atom. The summed E-state index contributed by atoms with van der Waals surface area (Å²) in [4.78, 5) is 7.50. The summed E-state index contributed by atoms with van der Waals surface area (Å²) in [6.07, 6.45) is 1.83. The van der Waals surface area contributed by atoms with Gasteiger partial charge >= 0.3 is 0 Å². The fourth-order valence-electron chi connectivity index (χ4n) is 1.23. The van der Waals surface area contributed by atoms with Gasteiger partial charge in [0.15, 0.2) is 0 Å². The summed E-state index contributed by atoms with van der Waals surface area (Å²) in [6.45, 7) is 2.00. The third kappa shape index (κ3) is 2.00. The van der Waals surface area contributed by atoms with Crippen LogP contribution in [0.1, 0.15) is 5.69 Å². The second-order valence-corrected chi connectivity index (χ2v) is 5.14. The second kappa shape index (κ2) is 4.02. The molecule has 1 heterocycles. The molecular formula is C10H8BrIN2. The van der Waals surface area contributed by atoms with Gasteiger partial charge < -0.3 is 4.98 Å². The average molecular weight is 363 g/mol. The quantitative estimate of drug-likeness (QED) is 0.769. The number of aromatic amines is 1. The van der Waals surface area contributed by atoms with Crippen LogP contribution in [0.2, 0.25) is 0 Å². The SMILES string of the molecule is Cc1cnc(-c2ccc(I)cc2Br)[nH]1. The Bertz CT molecular complexity index is 465. The fourth-order valence-corrected chi connectivity index (χ4v) is 2.72. The molecule has 1 aromatic heterocycles. The molecule has 0 radical (unpaired) electrons. The summed E-state index contributed by atoms with van der Waals surface area (Å²) in [5, 5.41) is 0. The van der Waals surface area contributed by atoms with Crippen LogP contribution in [0.4, 0.5) is 0 Å². The minimum absolute atomic E-state index is 0.908. The van der Waals surface area contributed by atoms with E-state index >= 15 is 0 Å². The maximum absolute atomic E-state index is 4.29. The van der Waals surface area contributed by atoms with E-state index in [0.717, 1.165) is 21.6 Å². The lowest BCUT2D eigenvalue weighted by Crippen LogP contribution is -1.83. The first-order chi connectivity index (χ1) is 6.66. The molecule has 2 aromatic rings.